The van der Waals surface area contributed by atoms with Crippen LogP contribution in [-0.4, -0.2) is 0 Å². The van der Waals surface area contributed by atoms with E-state index < -0.39 is 0 Å². The Morgan fingerprint density at radius 2 is 1.59 bits per heavy atom. The fourth-order valence-electron chi connectivity index (χ4n) is 3.41. The van der Waals surface area contributed by atoms with Gasteiger partial charge in [0.05, 0.1) is 0 Å². The molecule has 0 heterocycles. The largest absolute Gasteiger partial charge is 0.0654 e. The number of unbranched alkanes of at least 4 members (excludes halogenated alkanes) is 5. The summed E-state index contributed by atoms with van der Waals surface area (Å²) < 4.78 is 0. The van der Waals surface area contributed by atoms with Crippen molar-refractivity contribution < 1.29 is 0 Å². The van der Waals surface area contributed by atoms with Gasteiger partial charge in [0.25, 0.3) is 0 Å². The Bertz CT molecular complexity index is 155. The van der Waals surface area contributed by atoms with E-state index in [0.717, 1.165) is 11.8 Å². The second-order valence-corrected chi connectivity index (χ2v) is 6.00. The normalized spacial score (nSPS) is 19.4. The molecule has 0 nitrogen and oxygen atoms in total. The Morgan fingerprint density at radius 3 is 2.24 bits per heavy atom. The van der Waals surface area contributed by atoms with Crippen molar-refractivity contribution in [3.05, 3.63) is 6.92 Å². The molecule has 1 aliphatic rings. The maximum absolute atomic E-state index is 4.19. The summed E-state index contributed by atoms with van der Waals surface area (Å²) in [5.74, 6) is 1.97. The SMILES string of the molecule is [CH2]CC(CCCCCCCC)C1CCCCC1. The zero-order valence-electron chi connectivity index (χ0n) is 12.1. The highest BCUT2D eigenvalue weighted by atomic mass is 14.3. The van der Waals surface area contributed by atoms with Crippen LogP contribution in [0.1, 0.15) is 90.4 Å². The molecule has 0 N–H and O–H groups in total. The van der Waals surface area contributed by atoms with Gasteiger partial charge in [0.2, 0.25) is 0 Å². The molecule has 0 aliphatic heterocycles. The average molecular weight is 237 g/mol. The minimum Gasteiger partial charge on any atom is -0.0654 e. The molecule has 0 amide bonds. The molecule has 0 saturated heterocycles. The standard InChI is InChI=1S/C17H33/c1-3-5-6-7-8-10-13-16(4-2)17-14-11-9-12-15-17/h16-17H,2-15H2,1H3. The summed E-state index contributed by atoms with van der Waals surface area (Å²) in [6.45, 7) is 6.48. The van der Waals surface area contributed by atoms with Crippen LogP contribution in [0.15, 0.2) is 0 Å². The third-order valence-electron chi connectivity index (χ3n) is 4.62. The molecular weight excluding hydrogens is 204 g/mol. The lowest BCUT2D eigenvalue weighted by Crippen LogP contribution is -2.17. The van der Waals surface area contributed by atoms with Gasteiger partial charge in [0.1, 0.15) is 0 Å². The van der Waals surface area contributed by atoms with Crippen LogP contribution in [0.2, 0.25) is 0 Å². The average Bonchev–Trinajstić information content (AvgIpc) is 2.39. The molecule has 0 aromatic carbocycles. The van der Waals surface area contributed by atoms with Crippen LogP contribution < -0.4 is 0 Å². The molecule has 0 spiro atoms. The summed E-state index contributed by atoms with van der Waals surface area (Å²) in [5, 5.41) is 0. The van der Waals surface area contributed by atoms with E-state index in [9.17, 15) is 0 Å². The maximum atomic E-state index is 4.19. The first kappa shape index (κ1) is 15.1. The number of rotatable bonds is 9. The molecule has 0 aromatic rings. The van der Waals surface area contributed by atoms with Crippen LogP contribution in [0.4, 0.5) is 0 Å². The first-order chi connectivity index (χ1) is 8.38. The van der Waals surface area contributed by atoms with Gasteiger partial charge in [-0.25, -0.2) is 0 Å². The number of hydrogen-bond donors (Lipinski definition) is 0. The Hall–Kier alpha value is 0. The van der Waals surface area contributed by atoms with E-state index >= 15 is 0 Å². The summed E-state index contributed by atoms with van der Waals surface area (Å²) >= 11 is 0. The molecule has 0 bridgehead atoms. The summed E-state index contributed by atoms with van der Waals surface area (Å²) in [6, 6.07) is 0. The van der Waals surface area contributed by atoms with Crippen LogP contribution in [0, 0.1) is 18.8 Å². The highest BCUT2D eigenvalue weighted by molar-refractivity contribution is 4.74. The Kier molecular flexibility index (Phi) is 8.83. The molecule has 1 radical (unpaired) electrons. The third kappa shape index (κ3) is 6.48. The zero-order valence-corrected chi connectivity index (χ0v) is 12.1. The van der Waals surface area contributed by atoms with Crippen LogP contribution in [0.25, 0.3) is 0 Å². The zero-order chi connectivity index (χ0) is 12.3. The fourth-order valence-corrected chi connectivity index (χ4v) is 3.41. The second-order valence-electron chi connectivity index (χ2n) is 6.00. The van der Waals surface area contributed by atoms with E-state index in [0.29, 0.717) is 0 Å². The van der Waals surface area contributed by atoms with Crippen molar-refractivity contribution in [2.45, 2.75) is 90.4 Å². The monoisotopic (exact) mass is 237 g/mol. The Morgan fingerprint density at radius 1 is 0.941 bits per heavy atom. The molecular formula is C17H33. The van der Waals surface area contributed by atoms with Crippen molar-refractivity contribution in [2.75, 3.05) is 0 Å². The van der Waals surface area contributed by atoms with Crippen LogP contribution >= 0.6 is 0 Å². The minimum atomic E-state index is 0.946. The molecule has 1 fully saturated rings. The molecule has 1 saturated carbocycles. The van der Waals surface area contributed by atoms with Crippen molar-refractivity contribution in [1.29, 1.82) is 0 Å². The van der Waals surface area contributed by atoms with Crippen LogP contribution in [-0.2, 0) is 0 Å². The highest BCUT2D eigenvalue weighted by Crippen LogP contribution is 2.34. The van der Waals surface area contributed by atoms with Gasteiger partial charge in [-0.1, -0.05) is 97.3 Å². The van der Waals surface area contributed by atoms with Gasteiger partial charge in [0, 0.05) is 0 Å². The number of hydrogen-bond acceptors (Lipinski definition) is 0. The van der Waals surface area contributed by atoms with E-state index in [1.807, 2.05) is 0 Å². The molecule has 0 aromatic heterocycles. The van der Waals surface area contributed by atoms with E-state index in [1.54, 1.807) is 0 Å². The van der Waals surface area contributed by atoms with Gasteiger partial charge in [-0.2, -0.15) is 0 Å². The van der Waals surface area contributed by atoms with Gasteiger partial charge >= 0.3 is 0 Å². The summed E-state index contributed by atoms with van der Waals surface area (Å²) in [5.41, 5.74) is 0. The van der Waals surface area contributed by atoms with Crippen molar-refractivity contribution in [3.8, 4) is 0 Å². The topological polar surface area (TPSA) is 0 Å². The van der Waals surface area contributed by atoms with Gasteiger partial charge in [-0.15, -0.1) is 0 Å². The summed E-state index contributed by atoms with van der Waals surface area (Å²) in [4.78, 5) is 0. The van der Waals surface area contributed by atoms with Crippen molar-refractivity contribution in [1.82, 2.24) is 0 Å². The molecule has 1 atom stereocenters. The maximum Gasteiger partial charge on any atom is -0.0386 e. The minimum absolute atomic E-state index is 0.946. The summed E-state index contributed by atoms with van der Waals surface area (Å²) in [7, 11) is 0. The van der Waals surface area contributed by atoms with E-state index in [1.165, 1.54) is 83.5 Å². The predicted molar refractivity (Wildman–Crippen MR) is 78.0 cm³/mol. The molecule has 1 unspecified atom stereocenters. The highest BCUT2D eigenvalue weighted by Gasteiger charge is 2.21. The quantitative estimate of drug-likeness (QED) is 0.421. The van der Waals surface area contributed by atoms with Gasteiger partial charge in [-0.05, 0) is 11.8 Å². The van der Waals surface area contributed by atoms with Gasteiger partial charge < -0.3 is 0 Å². The van der Waals surface area contributed by atoms with Crippen molar-refractivity contribution in [2.24, 2.45) is 11.8 Å². The summed E-state index contributed by atoms with van der Waals surface area (Å²) in [6.07, 6.45) is 18.7. The van der Waals surface area contributed by atoms with Gasteiger partial charge in [0.15, 0.2) is 0 Å². The Labute approximate surface area is 110 Å². The van der Waals surface area contributed by atoms with Crippen LogP contribution in [0.3, 0.4) is 0 Å². The second kappa shape index (κ2) is 9.97. The molecule has 1 rings (SSSR count). The lowest BCUT2D eigenvalue weighted by molar-refractivity contribution is 0.231. The molecule has 17 heavy (non-hydrogen) atoms. The van der Waals surface area contributed by atoms with E-state index in [4.69, 9.17) is 0 Å². The molecule has 1 aliphatic carbocycles. The lowest BCUT2D eigenvalue weighted by Gasteiger charge is -2.29. The third-order valence-corrected chi connectivity index (χ3v) is 4.62. The Balaban J connectivity index is 2.05. The smallest absolute Gasteiger partial charge is 0.0386 e. The van der Waals surface area contributed by atoms with Crippen LogP contribution in [0.5, 0.6) is 0 Å². The first-order valence-corrected chi connectivity index (χ1v) is 8.17. The predicted octanol–water partition coefficient (Wildman–Crippen LogP) is 6.16. The van der Waals surface area contributed by atoms with E-state index in [2.05, 4.69) is 13.8 Å². The van der Waals surface area contributed by atoms with Crippen molar-refractivity contribution >= 4 is 0 Å². The first-order valence-electron chi connectivity index (χ1n) is 8.17. The lowest BCUT2D eigenvalue weighted by atomic mass is 9.76. The molecule has 101 valence electrons. The van der Waals surface area contributed by atoms with Crippen molar-refractivity contribution in [3.63, 3.8) is 0 Å². The molecule has 0 heteroatoms. The van der Waals surface area contributed by atoms with E-state index in [-0.39, 0.29) is 0 Å². The fraction of sp³-hybridized carbons (Fsp3) is 0.941. The van der Waals surface area contributed by atoms with Gasteiger partial charge in [-0.3, -0.25) is 0 Å².